The molecule has 108 valence electrons. The summed E-state index contributed by atoms with van der Waals surface area (Å²) in [6.45, 7) is 6.60. The molecule has 2 aromatic rings. The molecule has 2 rings (SSSR count). The van der Waals surface area contributed by atoms with E-state index in [0.29, 0.717) is 17.4 Å². The van der Waals surface area contributed by atoms with Gasteiger partial charge in [0.05, 0.1) is 12.6 Å². The summed E-state index contributed by atoms with van der Waals surface area (Å²) in [5.41, 5.74) is 6.44. The summed E-state index contributed by atoms with van der Waals surface area (Å²) in [7, 11) is 0. The summed E-state index contributed by atoms with van der Waals surface area (Å²) in [5.74, 6) is 0.985. The standard InChI is InChI=1S/C13H20N6O/c1-9(2)20-13-11(14)12(15-8-16-13)18-10(3)7-19-6-4-5-17-19/h4-6,8-10H,7,14H2,1-3H3,(H,15,16,18). The van der Waals surface area contributed by atoms with Gasteiger partial charge in [0.1, 0.15) is 12.0 Å². The van der Waals surface area contributed by atoms with Crippen molar-refractivity contribution in [2.75, 3.05) is 11.1 Å². The molecule has 0 aliphatic heterocycles. The topological polar surface area (TPSA) is 90.9 Å². The van der Waals surface area contributed by atoms with E-state index in [4.69, 9.17) is 10.5 Å². The predicted octanol–water partition coefficient (Wildman–Crippen LogP) is 1.54. The maximum absolute atomic E-state index is 6.02. The summed E-state index contributed by atoms with van der Waals surface area (Å²) in [4.78, 5) is 8.20. The molecule has 20 heavy (non-hydrogen) atoms. The van der Waals surface area contributed by atoms with Crippen LogP contribution in [0.3, 0.4) is 0 Å². The lowest BCUT2D eigenvalue weighted by molar-refractivity contribution is 0.234. The Morgan fingerprint density at radius 3 is 2.80 bits per heavy atom. The molecule has 3 N–H and O–H groups in total. The van der Waals surface area contributed by atoms with E-state index in [2.05, 4.69) is 20.4 Å². The van der Waals surface area contributed by atoms with E-state index in [1.807, 2.05) is 37.7 Å². The number of nitrogens with one attached hydrogen (secondary N) is 1. The summed E-state index contributed by atoms with van der Waals surface area (Å²) >= 11 is 0. The zero-order valence-corrected chi connectivity index (χ0v) is 11.9. The second-order valence-corrected chi connectivity index (χ2v) is 4.88. The van der Waals surface area contributed by atoms with E-state index >= 15 is 0 Å². The normalized spacial score (nSPS) is 12.4. The van der Waals surface area contributed by atoms with Crippen molar-refractivity contribution in [3.63, 3.8) is 0 Å². The van der Waals surface area contributed by atoms with E-state index in [9.17, 15) is 0 Å². The number of aromatic nitrogens is 4. The highest BCUT2D eigenvalue weighted by Crippen LogP contribution is 2.25. The number of anilines is 2. The van der Waals surface area contributed by atoms with Crippen molar-refractivity contribution in [2.24, 2.45) is 0 Å². The third kappa shape index (κ3) is 3.59. The first-order valence-electron chi connectivity index (χ1n) is 6.57. The molecule has 0 spiro atoms. The highest BCUT2D eigenvalue weighted by molar-refractivity contribution is 5.66. The van der Waals surface area contributed by atoms with Gasteiger partial charge in [0.25, 0.3) is 0 Å². The second-order valence-electron chi connectivity index (χ2n) is 4.88. The van der Waals surface area contributed by atoms with Gasteiger partial charge >= 0.3 is 0 Å². The Hall–Kier alpha value is -2.31. The summed E-state index contributed by atoms with van der Waals surface area (Å²) < 4.78 is 7.39. The number of nitrogens with two attached hydrogens (primary N) is 1. The van der Waals surface area contributed by atoms with Crippen LogP contribution in [0.2, 0.25) is 0 Å². The van der Waals surface area contributed by atoms with E-state index in [0.717, 1.165) is 6.54 Å². The smallest absolute Gasteiger partial charge is 0.242 e. The Labute approximate surface area is 118 Å². The van der Waals surface area contributed by atoms with Gasteiger partial charge in [0.15, 0.2) is 5.82 Å². The predicted molar refractivity (Wildman–Crippen MR) is 77.5 cm³/mol. The van der Waals surface area contributed by atoms with Crippen LogP contribution < -0.4 is 15.8 Å². The molecule has 2 aromatic heterocycles. The van der Waals surface area contributed by atoms with Crippen LogP contribution in [0.15, 0.2) is 24.8 Å². The lowest BCUT2D eigenvalue weighted by Gasteiger charge is -2.17. The molecule has 2 heterocycles. The van der Waals surface area contributed by atoms with Crippen LogP contribution in [-0.4, -0.2) is 31.9 Å². The lowest BCUT2D eigenvalue weighted by Crippen LogP contribution is -2.23. The van der Waals surface area contributed by atoms with Crippen LogP contribution in [0, 0.1) is 0 Å². The maximum atomic E-state index is 6.02. The number of hydrogen-bond acceptors (Lipinski definition) is 6. The number of hydrogen-bond donors (Lipinski definition) is 2. The number of nitrogens with zero attached hydrogens (tertiary/aromatic N) is 4. The minimum Gasteiger partial charge on any atom is -0.473 e. The molecule has 1 unspecified atom stereocenters. The molecule has 0 bridgehead atoms. The Kier molecular flexibility index (Phi) is 4.39. The van der Waals surface area contributed by atoms with Crippen molar-refractivity contribution in [1.82, 2.24) is 19.7 Å². The second kappa shape index (κ2) is 6.23. The largest absolute Gasteiger partial charge is 0.473 e. The fourth-order valence-corrected chi connectivity index (χ4v) is 1.78. The Morgan fingerprint density at radius 2 is 2.15 bits per heavy atom. The first kappa shape index (κ1) is 14.1. The van der Waals surface area contributed by atoms with Crippen molar-refractivity contribution in [3.8, 4) is 5.88 Å². The van der Waals surface area contributed by atoms with Gasteiger partial charge in [-0.15, -0.1) is 0 Å². The minimum atomic E-state index is 0.0153. The molecule has 0 aliphatic carbocycles. The summed E-state index contributed by atoms with van der Waals surface area (Å²) in [6.07, 6.45) is 5.12. The number of rotatable bonds is 6. The van der Waals surface area contributed by atoms with Crippen LogP contribution in [0.25, 0.3) is 0 Å². The summed E-state index contributed by atoms with van der Waals surface area (Å²) in [6, 6.07) is 2.01. The van der Waals surface area contributed by atoms with E-state index < -0.39 is 0 Å². The number of nitrogen functional groups attached to an aromatic ring is 1. The molecule has 7 heteroatoms. The number of ether oxygens (including phenoxy) is 1. The minimum absolute atomic E-state index is 0.0153. The van der Waals surface area contributed by atoms with Gasteiger partial charge in [-0.2, -0.15) is 10.1 Å². The van der Waals surface area contributed by atoms with Crippen molar-refractivity contribution in [2.45, 2.75) is 39.5 Å². The molecule has 0 radical (unpaired) electrons. The Bertz CT molecular complexity index is 540. The quantitative estimate of drug-likeness (QED) is 0.831. The van der Waals surface area contributed by atoms with E-state index in [-0.39, 0.29) is 12.1 Å². The zero-order valence-electron chi connectivity index (χ0n) is 11.9. The molecule has 0 amide bonds. The lowest BCUT2D eigenvalue weighted by atomic mass is 10.3. The fraction of sp³-hybridized carbons (Fsp3) is 0.462. The zero-order chi connectivity index (χ0) is 14.5. The van der Waals surface area contributed by atoms with Gasteiger partial charge in [0, 0.05) is 18.4 Å². The van der Waals surface area contributed by atoms with Crippen molar-refractivity contribution in [3.05, 3.63) is 24.8 Å². The van der Waals surface area contributed by atoms with E-state index in [1.54, 1.807) is 6.20 Å². The third-order valence-corrected chi connectivity index (χ3v) is 2.60. The van der Waals surface area contributed by atoms with Crippen LogP contribution in [0.4, 0.5) is 11.5 Å². The van der Waals surface area contributed by atoms with Gasteiger partial charge in [0.2, 0.25) is 5.88 Å². The highest BCUT2D eigenvalue weighted by atomic mass is 16.5. The molecular formula is C13H20N6O. The average Bonchev–Trinajstić information content (AvgIpc) is 2.86. The fourth-order valence-electron chi connectivity index (χ4n) is 1.78. The van der Waals surface area contributed by atoms with Crippen LogP contribution in [0.5, 0.6) is 5.88 Å². The molecule has 1 atom stereocenters. The Morgan fingerprint density at radius 1 is 1.35 bits per heavy atom. The van der Waals surface area contributed by atoms with Crippen LogP contribution in [0.1, 0.15) is 20.8 Å². The molecule has 7 nitrogen and oxygen atoms in total. The third-order valence-electron chi connectivity index (χ3n) is 2.60. The summed E-state index contributed by atoms with van der Waals surface area (Å²) in [5, 5.41) is 7.41. The van der Waals surface area contributed by atoms with Gasteiger partial charge in [-0.05, 0) is 26.8 Å². The monoisotopic (exact) mass is 276 g/mol. The molecule has 0 fully saturated rings. The highest BCUT2D eigenvalue weighted by Gasteiger charge is 2.13. The van der Waals surface area contributed by atoms with E-state index in [1.165, 1.54) is 6.33 Å². The van der Waals surface area contributed by atoms with Gasteiger partial charge < -0.3 is 15.8 Å². The van der Waals surface area contributed by atoms with Gasteiger partial charge in [-0.25, -0.2) is 4.98 Å². The van der Waals surface area contributed by atoms with Crippen molar-refractivity contribution in [1.29, 1.82) is 0 Å². The first-order chi connectivity index (χ1) is 9.56. The Balaban J connectivity index is 2.05. The molecule has 0 aliphatic rings. The van der Waals surface area contributed by atoms with Crippen LogP contribution >= 0.6 is 0 Å². The molecule has 0 aromatic carbocycles. The average molecular weight is 276 g/mol. The first-order valence-corrected chi connectivity index (χ1v) is 6.57. The van der Waals surface area contributed by atoms with Crippen molar-refractivity contribution < 1.29 is 4.74 Å². The van der Waals surface area contributed by atoms with Gasteiger partial charge in [-0.1, -0.05) is 0 Å². The molecular weight excluding hydrogens is 256 g/mol. The molecule has 0 saturated heterocycles. The van der Waals surface area contributed by atoms with Gasteiger partial charge in [-0.3, -0.25) is 4.68 Å². The maximum Gasteiger partial charge on any atom is 0.242 e. The SMILES string of the molecule is CC(Cn1cccn1)Nc1ncnc(OC(C)C)c1N. The van der Waals surface area contributed by atoms with Crippen molar-refractivity contribution >= 4 is 11.5 Å². The molecule has 0 saturated carbocycles. The van der Waals surface area contributed by atoms with Crippen LogP contribution in [-0.2, 0) is 6.54 Å².